The molecule has 0 radical (unpaired) electrons. The standard InChI is InChI=1S/C21H31N2O2P/c1-5-14-25-15-10-6-9-13-22(26)21-16(2)17(3)23(18(4)24)20-12-8-7-11-19(20)21/h1,7-8,11-12,16-17,21H,6,9-10,13-15,26H2,2-4H3. The molecule has 26 heavy (non-hydrogen) atoms. The second kappa shape index (κ2) is 10.1. The Morgan fingerprint density at radius 1 is 1.31 bits per heavy atom. The zero-order valence-corrected chi connectivity index (χ0v) is 17.3. The lowest BCUT2D eigenvalue weighted by atomic mass is 9.82. The van der Waals surface area contributed by atoms with Gasteiger partial charge in [0, 0.05) is 37.8 Å². The minimum Gasteiger partial charge on any atom is -0.369 e. The molecule has 1 aliphatic rings. The molecule has 0 saturated heterocycles. The molecular formula is C21H31N2O2P. The van der Waals surface area contributed by atoms with Crippen LogP contribution < -0.4 is 4.90 Å². The van der Waals surface area contributed by atoms with Gasteiger partial charge in [-0.3, -0.25) is 9.46 Å². The highest BCUT2D eigenvalue weighted by atomic mass is 31.0. The lowest BCUT2D eigenvalue weighted by Gasteiger charge is -2.46. The normalized spacial score (nSPS) is 22.2. The van der Waals surface area contributed by atoms with Gasteiger partial charge in [0.15, 0.2) is 0 Å². The van der Waals surface area contributed by atoms with Crippen LogP contribution >= 0.6 is 9.39 Å². The first-order valence-corrected chi connectivity index (χ1v) is 9.92. The second-order valence-corrected chi connectivity index (χ2v) is 7.71. The second-order valence-electron chi connectivity index (χ2n) is 7.05. The van der Waals surface area contributed by atoms with Crippen molar-refractivity contribution in [1.29, 1.82) is 0 Å². The Hall–Kier alpha value is -1.40. The molecule has 0 fully saturated rings. The fraction of sp³-hybridized carbons (Fsp3) is 0.571. The highest BCUT2D eigenvalue weighted by molar-refractivity contribution is 7.13. The van der Waals surface area contributed by atoms with Crippen molar-refractivity contribution in [2.75, 3.05) is 24.7 Å². The van der Waals surface area contributed by atoms with Crippen LogP contribution in [0.15, 0.2) is 24.3 Å². The molecule has 1 amide bonds. The monoisotopic (exact) mass is 374 g/mol. The molecule has 1 aromatic rings. The van der Waals surface area contributed by atoms with E-state index in [0.717, 1.165) is 38.1 Å². The van der Waals surface area contributed by atoms with Gasteiger partial charge in [0.25, 0.3) is 0 Å². The van der Waals surface area contributed by atoms with Crippen molar-refractivity contribution in [3.05, 3.63) is 29.8 Å². The number of hydrogen-bond acceptors (Lipinski definition) is 3. The van der Waals surface area contributed by atoms with Gasteiger partial charge in [-0.25, -0.2) is 0 Å². The fourth-order valence-corrected chi connectivity index (χ4v) is 4.46. The highest BCUT2D eigenvalue weighted by Crippen LogP contribution is 2.44. The molecule has 0 aromatic heterocycles. The van der Waals surface area contributed by atoms with Gasteiger partial charge in [-0.1, -0.05) is 40.4 Å². The van der Waals surface area contributed by atoms with E-state index in [2.05, 4.69) is 52.0 Å². The molecule has 5 heteroatoms. The molecule has 1 heterocycles. The summed E-state index contributed by atoms with van der Waals surface area (Å²) >= 11 is 0. The van der Waals surface area contributed by atoms with Crippen LogP contribution in [-0.2, 0) is 9.53 Å². The van der Waals surface area contributed by atoms with Crippen LogP contribution in [0.1, 0.15) is 51.6 Å². The van der Waals surface area contributed by atoms with E-state index in [1.54, 1.807) is 6.92 Å². The number of carbonyl (C=O) groups excluding carboxylic acids is 1. The zero-order chi connectivity index (χ0) is 19.1. The van der Waals surface area contributed by atoms with Crippen molar-refractivity contribution in [1.82, 2.24) is 4.67 Å². The molecule has 4 nitrogen and oxygen atoms in total. The van der Waals surface area contributed by atoms with Crippen molar-refractivity contribution < 1.29 is 9.53 Å². The van der Waals surface area contributed by atoms with Gasteiger partial charge in [0.1, 0.15) is 6.61 Å². The van der Waals surface area contributed by atoms with E-state index in [1.807, 2.05) is 11.0 Å². The fourth-order valence-electron chi connectivity index (χ4n) is 3.84. The van der Waals surface area contributed by atoms with E-state index in [-0.39, 0.29) is 11.9 Å². The van der Waals surface area contributed by atoms with Gasteiger partial charge < -0.3 is 9.64 Å². The van der Waals surface area contributed by atoms with Crippen LogP contribution in [0.3, 0.4) is 0 Å². The van der Waals surface area contributed by atoms with Crippen LogP contribution in [0.2, 0.25) is 0 Å². The molecule has 0 spiro atoms. The van der Waals surface area contributed by atoms with Crippen LogP contribution in [0.5, 0.6) is 0 Å². The predicted molar refractivity (Wildman–Crippen MR) is 111 cm³/mol. The highest BCUT2D eigenvalue weighted by Gasteiger charge is 2.39. The maximum absolute atomic E-state index is 12.2. The number of unbranched alkanes of at least 4 members (excludes halogenated alkanes) is 2. The van der Waals surface area contributed by atoms with Crippen LogP contribution in [0.4, 0.5) is 5.69 Å². The number of benzene rings is 1. The third-order valence-corrected chi connectivity index (χ3v) is 5.85. The molecule has 2 rings (SSSR count). The Morgan fingerprint density at radius 3 is 2.73 bits per heavy atom. The summed E-state index contributed by atoms with van der Waals surface area (Å²) in [5.41, 5.74) is 2.28. The first-order chi connectivity index (χ1) is 12.5. The minimum atomic E-state index is 0.109. The van der Waals surface area contributed by atoms with Crippen molar-refractivity contribution in [2.45, 2.75) is 52.1 Å². The number of ether oxygens (including phenoxy) is 1. The number of anilines is 1. The average molecular weight is 374 g/mol. The molecule has 1 aromatic carbocycles. The summed E-state index contributed by atoms with van der Waals surface area (Å²) in [5, 5.41) is 0. The summed E-state index contributed by atoms with van der Waals surface area (Å²) < 4.78 is 7.69. The number of rotatable bonds is 8. The van der Waals surface area contributed by atoms with E-state index >= 15 is 0 Å². The third kappa shape index (κ3) is 4.86. The van der Waals surface area contributed by atoms with Gasteiger partial charge in [-0.2, -0.15) is 0 Å². The Bertz CT molecular complexity index is 643. The Labute approximate surface area is 160 Å². The smallest absolute Gasteiger partial charge is 0.224 e. The van der Waals surface area contributed by atoms with E-state index < -0.39 is 0 Å². The van der Waals surface area contributed by atoms with Crippen molar-refractivity contribution in [3.8, 4) is 12.3 Å². The Kier molecular flexibility index (Phi) is 8.10. The molecule has 1 aliphatic heterocycles. The SMILES string of the molecule is C#CCOCCCCCN(P)C1c2ccccc2N(C(C)=O)C(C)C1C. The summed E-state index contributed by atoms with van der Waals surface area (Å²) in [4.78, 5) is 14.1. The molecule has 4 unspecified atom stereocenters. The molecule has 0 bridgehead atoms. The van der Waals surface area contributed by atoms with E-state index in [1.165, 1.54) is 5.56 Å². The molecule has 4 atom stereocenters. The summed E-state index contributed by atoms with van der Waals surface area (Å²) in [6, 6.07) is 8.76. The topological polar surface area (TPSA) is 32.8 Å². The number of terminal acetylenes is 1. The molecule has 0 aliphatic carbocycles. The van der Waals surface area contributed by atoms with E-state index in [9.17, 15) is 4.79 Å². The van der Waals surface area contributed by atoms with Gasteiger partial charge in [-0.15, -0.1) is 6.42 Å². The number of amides is 1. The number of para-hydroxylation sites is 1. The van der Waals surface area contributed by atoms with Gasteiger partial charge >= 0.3 is 0 Å². The maximum atomic E-state index is 12.2. The number of fused-ring (bicyclic) bond motifs is 1. The number of carbonyl (C=O) groups is 1. The van der Waals surface area contributed by atoms with Crippen LogP contribution in [-0.4, -0.2) is 36.4 Å². The van der Waals surface area contributed by atoms with E-state index in [4.69, 9.17) is 11.2 Å². The summed E-state index contributed by atoms with van der Waals surface area (Å²) in [5.74, 6) is 2.95. The predicted octanol–water partition coefficient (Wildman–Crippen LogP) is 4.03. The van der Waals surface area contributed by atoms with Crippen molar-refractivity contribution in [3.63, 3.8) is 0 Å². The zero-order valence-electron chi connectivity index (χ0n) is 16.1. The van der Waals surface area contributed by atoms with Crippen molar-refractivity contribution >= 4 is 21.0 Å². The van der Waals surface area contributed by atoms with Crippen molar-refractivity contribution in [2.24, 2.45) is 5.92 Å². The summed E-state index contributed by atoms with van der Waals surface area (Å²) in [7, 11) is 2.91. The largest absolute Gasteiger partial charge is 0.369 e. The number of nitrogens with zero attached hydrogens (tertiary/aromatic N) is 2. The van der Waals surface area contributed by atoms with E-state index in [0.29, 0.717) is 18.6 Å². The quantitative estimate of drug-likeness (QED) is 0.391. The molecule has 142 valence electrons. The van der Waals surface area contributed by atoms with Gasteiger partial charge in [0.2, 0.25) is 5.91 Å². The first-order valence-electron chi connectivity index (χ1n) is 9.40. The Morgan fingerprint density at radius 2 is 2.04 bits per heavy atom. The number of hydrogen-bond donors (Lipinski definition) is 0. The average Bonchev–Trinajstić information content (AvgIpc) is 2.61. The minimum absolute atomic E-state index is 0.109. The van der Waals surface area contributed by atoms with Crippen LogP contribution in [0, 0.1) is 18.3 Å². The third-order valence-electron chi connectivity index (χ3n) is 5.27. The Balaban J connectivity index is 2.02. The summed E-state index contributed by atoms with van der Waals surface area (Å²) in [6.45, 7) is 8.17. The summed E-state index contributed by atoms with van der Waals surface area (Å²) in [6.07, 6.45) is 8.44. The lowest BCUT2D eigenvalue weighted by molar-refractivity contribution is -0.117. The maximum Gasteiger partial charge on any atom is 0.224 e. The van der Waals surface area contributed by atoms with Gasteiger partial charge in [-0.05, 0) is 43.7 Å². The molecule has 0 N–H and O–H groups in total. The molecule has 0 saturated carbocycles. The van der Waals surface area contributed by atoms with Crippen LogP contribution in [0.25, 0.3) is 0 Å². The lowest BCUT2D eigenvalue weighted by Crippen LogP contribution is -2.49. The van der Waals surface area contributed by atoms with Gasteiger partial charge in [0.05, 0.1) is 0 Å². The first kappa shape index (κ1) is 20.9. The molecular weight excluding hydrogens is 343 g/mol.